The highest BCUT2D eigenvalue weighted by molar-refractivity contribution is 5.68. The molecule has 92 valence electrons. The molecule has 4 heteroatoms. The maximum Gasteiger partial charge on any atom is 0.410 e. The summed E-state index contributed by atoms with van der Waals surface area (Å²) >= 11 is 0. The molecule has 1 N–H and O–H groups in total. The predicted molar refractivity (Wildman–Crippen MR) is 62.3 cm³/mol. The molecule has 0 aromatic rings. The zero-order valence-electron chi connectivity index (χ0n) is 10.5. The minimum atomic E-state index is -0.388. The van der Waals surface area contributed by atoms with Crippen molar-refractivity contribution in [1.82, 2.24) is 10.2 Å². The SMILES string of the molecule is CC(C)(C)OC(=O)N1CCC[C@H]2NC[C@H]2C1. The van der Waals surface area contributed by atoms with E-state index in [1.54, 1.807) is 0 Å². The Kier molecular flexibility index (Phi) is 3.10. The first-order chi connectivity index (χ1) is 7.46. The van der Waals surface area contributed by atoms with E-state index < -0.39 is 0 Å². The van der Waals surface area contributed by atoms with Crippen molar-refractivity contribution in [1.29, 1.82) is 0 Å². The zero-order chi connectivity index (χ0) is 11.8. The quantitative estimate of drug-likeness (QED) is 0.682. The van der Waals surface area contributed by atoms with Gasteiger partial charge in [-0.3, -0.25) is 0 Å². The van der Waals surface area contributed by atoms with Crippen LogP contribution in [0.2, 0.25) is 0 Å². The van der Waals surface area contributed by atoms with Gasteiger partial charge in [-0.25, -0.2) is 4.79 Å². The lowest BCUT2D eigenvalue weighted by atomic mass is 9.89. The molecule has 0 aromatic carbocycles. The second-order valence-corrected chi connectivity index (χ2v) is 5.84. The highest BCUT2D eigenvalue weighted by Crippen LogP contribution is 2.24. The molecule has 2 rings (SSSR count). The topological polar surface area (TPSA) is 41.6 Å². The van der Waals surface area contributed by atoms with Crippen molar-refractivity contribution in [3.63, 3.8) is 0 Å². The molecule has 0 unspecified atom stereocenters. The minimum Gasteiger partial charge on any atom is -0.444 e. The van der Waals surface area contributed by atoms with Crippen LogP contribution in [-0.2, 0) is 4.74 Å². The molecular formula is C12H22N2O2. The van der Waals surface area contributed by atoms with Crippen molar-refractivity contribution in [3.8, 4) is 0 Å². The maximum absolute atomic E-state index is 11.9. The van der Waals surface area contributed by atoms with Crippen molar-refractivity contribution in [2.24, 2.45) is 5.92 Å². The Labute approximate surface area is 97.3 Å². The number of hydrogen-bond acceptors (Lipinski definition) is 3. The summed E-state index contributed by atoms with van der Waals surface area (Å²) in [6, 6.07) is 0.632. The Balaban J connectivity index is 1.90. The van der Waals surface area contributed by atoms with Crippen LogP contribution in [0, 0.1) is 5.92 Å². The molecule has 2 aliphatic rings. The van der Waals surface area contributed by atoms with E-state index >= 15 is 0 Å². The number of ether oxygens (including phenoxy) is 1. The number of nitrogens with zero attached hydrogens (tertiary/aromatic N) is 1. The Morgan fingerprint density at radius 1 is 1.44 bits per heavy atom. The molecule has 2 fully saturated rings. The number of rotatable bonds is 0. The van der Waals surface area contributed by atoms with Gasteiger partial charge >= 0.3 is 6.09 Å². The Morgan fingerprint density at radius 2 is 2.19 bits per heavy atom. The summed E-state index contributed by atoms with van der Waals surface area (Å²) in [7, 11) is 0. The highest BCUT2D eigenvalue weighted by atomic mass is 16.6. The lowest BCUT2D eigenvalue weighted by Gasteiger charge is -2.38. The number of carbonyl (C=O) groups excluding carboxylic acids is 1. The smallest absolute Gasteiger partial charge is 0.410 e. The standard InChI is InChI=1S/C12H22N2O2/c1-12(2,3)16-11(15)14-6-4-5-10-9(8-14)7-13-10/h9-10,13H,4-8H2,1-3H3/t9-,10+/m0/s1. The van der Waals surface area contributed by atoms with Crippen LogP contribution in [0.5, 0.6) is 0 Å². The van der Waals surface area contributed by atoms with E-state index in [4.69, 9.17) is 4.74 Å². The first kappa shape index (κ1) is 11.7. The van der Waals surface area contributed by atoms with Crippen molar-refractivity contribution in [2.45, 2.75) is 45.3 Å². The fourth-order valence-corrected chi connectivity index (χ4v) is 2.35. The van der Waals surface area contributed by atoms with Crippen LogP contribution in [0.4, 0.5) is 4.79 Å². The number of likely N-dealkylation sites (tertiary alicyclic amines) is 1. The summed E-state index contributed by atoms with van der Waals surface area (Å²) in [5.74, 6) is 0.634. The van der Waals surface area contributed by atoms with Crippen LogP contribution < -0.4 is 5.32 Å². The van der Waals surface area contributed by atoms with Gasteiger partial charge in [0.05, 0.1) is 0 Å². The summed E-state index contributed by atoms with van der Waals surface area (Å²) in [5.41, 5.74) is -0.388. The lowest BCUT2D eigenvalue weighted by molar-refractivity contribution is 0.0212. The molecule has 0 bridgehead atoms. The summed E-state index contributed by atoms with van der Waals surface area (Å²) in [5, 5.41) is 3.42. The van der Waals surface area contributed by atoms with Crippen molar-refractivity contribution in [3.05, 3.63) is 0 Å². The van der Waals surface area contributed by atoms with Crippen LogP contribution in [0.3, 0.4) is 0 Å². The fourth-order valence-electron chi connectivity index (χ4n) is 2.35. The van der Waals surface area contributed by atoms with Crippen molar-refractivity contribution >= 4 is 6.09 Å². The number of carbonyl (C=O) groups is 1. The molecule has 2 heterocycles. The number of fused-ring (bicyclic) bond motifs is 1. The second-order valence-electron chi connectivity index (χ2n) is 5.84. The van der Waals surface area contributed by atoms with Crippen LogP contribution >= 0.6 is 0 Å². The van der Waals surface area contributed by atoms with Crippen LogP contribution in [0.1, 0.15) is 33.6 Å². The number of hydrogen-bond donors (Lipinski definition) is 1. The van der Waals surface area contributed by atoms with Gasteiger partial charge in [0.15, 0.2) is 0 Å². The average molecular weight is 226 g/mol. The van der Waals surface area contributed by atoms with Crippen molar-refractivity contribution in [2.75, 3.05) is 19.6 Å². The molecule has 0 aromatic heterocycles. The normalized spacial score (nSPS) is 30.1. The Morgan fingerprint density at radius 3 is 2.75 bits per heavy atom. The van der Waals surface area contributed by atoms with Crippen LogP contribution in [0.15, 0.2) is 0 Å². The zero-order valence-corrected chi connectivity index (χ0v) is 10.5. The van der Waals surface area contributed by atoms with Gasteiger partial charge in [-0.1, -0.05) is 0 Å². The summed E-state index contributed by atoms with van der Waals surface area (Å²) in [4.78, 5) is 13.8. The van der Waals surface area contributed by atoms with Gasteiger partial charge in [-0.15, -0.1) is 0 Å². The first-order valence-corrected chi connectivity index (χ1v) is 6.17. The monoisotopic (exact) mass is 226 g/mol. The third-order valence-corrected chi connectivity index (χ3v) is 3.26. The summed E-state index contributed by atoms with van der Waals surface area (Å²) in [6.45, 7) is 8.48. The lowest BCUT2D eigenvalue weighted by Crippen LogP contribution is -2.56. The van der Waals surface area contributed by atoms with Gasteiger partial charge in [0, 0.05) is 31.6 Å². The van der Waals surface area contributed by atoms with Gasteiger partial charge in [0.2, 0.25) is 0 Å². The molecule has 0 spiro atoms. The van der Waals surface area contributed by atoms with E-state index in [9.17, 15) is 4.79 Å². The molecule has 4 nitrogen and oxygen atoms in total. The van der Waals surface area contributed by atoms with Crippen LogP contribution in [-0.4, -0.2) is 42.3 Å². The van der Waals surface area contributed by atoms with E-state index in [1.165, 1.54) is 6.42 Å². The predicted octanol–water partition coefficient (Wildman–Crippen LogP) is 1.61. The van der Waals surface area contributed by atoms with Gasteiger partial charge in [-0.05, 0) is 33.6 Å². The molecule has 0 saturated carbocycles. The van der Waals surface area contributed by atoms with E-state index in [2.05, 4.69) is 5.32 Å². The molecule has 16 heavy (non-hydrogen) atoms. The molecular weight excluding hydrogens is 204 g/mol. The van der Waals surface area contributed by atoms with Gasteiger partial charge in [-0.2, -0.15) is 0 Å². The number of amides is 1. The highest BCUT2D eigenvalue weighted by Gasteiger charge is 2.36. The van der Waals surface area contributed by atoms with Gasteiger partial charge < -0.3 is 15.0 Å². The van der Waals surface area contributed by atoms with E-state index in [-0.39, 0.29) is 11.7 Å². The average Bonchev–Trinajstić information content (AvgIpc) is 2.23. The van der Waals surface area contributed by atoms with E-state index in [0.717, 1.165) is 26.1 Å². The fraction of sp³-hybridized carbons (Fsp3) is 0.917. The molecule has 0 radical (unpaired) electrons. The van der Waals surface area contributed by atoms with E-state index in [0.29, 0.717) is 12.0 Å². The van der Waals surface area contributed by atoms with Crippen LogP contribution in [0.25, 0.3) is 0 Å². The third-order valence-electron chi connectivity index (χ3n) is 3.26. The molecule has 2 aliphatic heterocycles. The molecule has 1 amide bonds. The maximum atomic E-state index is 11.9. The minimum absolute atomic E-state index is 0.153. The third kappa shape index (κ3) is 2.67. The van der Waals surface area contributed by atoms with Crippen molar-refractivity contribution < 1.29 is 9.53 Å². The molecule has 2 saturated heterocycles. The van der Waals surface area contributed by atoms with E-state index in [1.807, 2.05) is 25.7 Å². The largest absolute Gasteiger partial charge is 0.444 e. The Bertz CT molecular complexity index is 273. The van der Waals surface area contributed by atoms with Gasteiger partial charge in [0.25, 0.3) is 0 Å². The number of nitrogens with one attached hydrogen (secondary N) is 1. The van der Waals surface area contributed by atoms with Gasteiger partial charge in [0.1, 0.15) is 5.60 Å². The summed E-state index contributed by atoms with van der Waals surface area (Å²) < 4.78 is 5.41. The molecule has 0 aliphatic carbocycles. The first-order valence-electron chi connectivity index (χ1n) is 6.17. The Hall–Kier alpha value is -0.770. The summed E-state index contributed by atoms with van der Waals surface area (Å²) in [6.07, 6.45) is 2.11. The molecule has 2 atom stereocenters. The second kappa shape index (κ2) is 4.24.